The molecular weight excluding hydrogens is 288 g/mol. The minimum absolute atomic E-state index is 0.0230. The Bertz CT molecular complexity index is 423. The van der Waals surface area contributed by atoms with Crippen molar-refractivity contribution in [2.24, 2.45) is 0 Å². The average Bonchev–Trinajstić information content (AvgIpc) is 2.39. The van der Waals surface area contributed by atoms with Gasteiger partial charge in [0.25, 0.3) is 0 Å². The van der Waals surface area contributed by atoms with Crippen LogP contribution in [0.4, 0.5) is 5.88 Å². The fraction of sp³-hybridized carbons (Fsp3) is 0.500. The van der Waals surface area contributed by atoms with E-state index in [0.717, 1.165) is 0 Å². The summed E-state index contributed by atoms with van der Waals surface area (Å²) in [6.45, 7) is 3.57. The lowest BCUT2D eigenvalue weighted by Gasteiger charge is -2.11. The summed E-state index contributed by atoms with van der Waals surface area (Å²) in [5.41, 5.74) is 6.19. The number of ether oxygens (including phenoxy) is 1. The van der Waals surface area contributed by atoms with Crippen molar-refractivity contribution in [3.05, 3.63) is 16.9 Å². The average molecular weight is 301 g/mol. The van der Waals surface area contributed by atoms with Crippen molar-refractivity contribution in [1.82, 2.24) is 0 Å². The standard InChI is InChI=1S/C10H12Cl3NO3/c1-3-16-9(15)7-6(4-10(11,12)13)5(2)17-8(7)14/h3-4,14H2,1-2H3. The third-order valence-electron chi connectivity index (χ3n) is 2.09. The molecule has 0 bridgehead atoms. The predicted molar refractivity (Wildman–Crippen MR) is 67.8 cm³/mol. The monoisotopic (exact) mass is 299 g/mol. The number of carbonyl (C=O) groups is 1. The molecule has 0 fully saturated rings. The Labute approximate surface area is 114 Å². The molecule has 0 amide bonds. The van der Waals surface area contributed by atoms with Crippen LogP contribution in [0, 0.1) is 6.92 Å². The van der Waals surface area contributed by atoms with Crippen molar-refractivity contribution in [2.75, 3.05) is 12.3 Å². The van der Waals surface area contributed by atoms with Crippen LogP contribution in [0.1, 0.15) is 28.6 Å². The number of rotatable bonds is 3. The van der Waals surface area contributed by atoms with E-state index in [0.29, 0.717) is 11.3 Å². The first-order valence-electron chi connectivity index (χ1n) is 4.88. The van der Waals surface area contributed by atoms with Gasteiger partial charge in [-0.3, -0.25) is 0 Å². The summed E-state index contributed by atoms with van der Waals surface area (Å²) >= 11 is 17.1. The van der Waals surface area contributed by atoms with E-state index in [9.17, 15) is 4.79 Å². The number of alkyl halides is 3. The molecular formula is C10H12Cl3NO3. The molecule has 0 aliphatic heterocycles. The number of nitrogens with two attached hydrogens (primary N) is 1. The number of hydrogen-bond acceptors (Lipinski definition) is 4. The van der Waals surface area contributed by atoms with Crippen molar-refractivity contribution < 1.29 is 13.9 Å². The van der Waals surface area contributed by atoms with E-state index in [2.05, 4.69) is 0 Å². The van der Waals surface area contributed by atoms with Crippen LogP contribution in [-0.4, -0.2) is 16.4 Å². The number of nitrogen functional groups attached to an aromatic ring is 1. The van der Waals surface area contributed by atoms with Gasteiger partial charge >= 0.3 is 5.97 Å². The first-order chi connectivity index (χ1) is 7.76. The zero-order valence-electron chi connectivity index (χ0n) is 9.35. The van der Waals surface area contributed by atoms with Gasteiger partial charge in [-0.1, -0.05) is 34.8 Å². The number of carbonyl (C=O) groups excluding carboxylic acids is 1. The molecule has 0 aliphatic rings. The van der Waals surface area contributed by atoms with E-state index in [1.54, 1.807) is 13.8 Å². The van der Waals surface area contributed by atoms with Crippen molar-refractivity contribution >= 4 is 46.7 Å². The van der Waals surface area contributed by atoms with Crippen molar-refractivity contribution in [2.45, 2.75) is 24.1 Å². The summed E-state index contributed by atoms with van der Waals surface area (Å²) < 4.78 is 8.50. The predicted octanol–water partition coefficient (Wildman–Crippen LogP) is 3.26. The Hall–Kier alpha value is -0.580. The van der Waals surface area contributed by atoms with Crippen molar-refractivity contribution in [1.29, 1.82) is 0 Å². The van der Waals surface area contributed by atoms with Crippen LogP contribution in [0.5, 0.6) is 0 Å². The number of furan rings is 1. The molecule has 7 heteroatoms. The quantitative estimate of drug-likeness (QED) is 0.687. The van der Waals surface area contributed by atoms with Gasteiger partial charge in [-0.25, -0.2) is 4.79 Å². The number of hydrogen-bond donors (Lipinski definition) is 1. The Morgan fingerprint density at radius 2 is 2.06 bits per heavy atom. The van der Waals surface area contributed by atoms with Crippen molar-refractivity contribution in [3.8, 4) is 0 Å². The van der Waals surface area contributed by atoms with Crippen LogP contribution in [0.3, 0.4) is 0 Å². The van der Waals surface area contributed by atoms with Gasteiger partial charge < -0.3 is 14.9 Å². The summed E-state index contributed by atoms with van der Waals surface area (Å²) in [5, 5.41) is 0. The summed E-state index contributed by atoms with van der Waals surface area (Å²) in [6, 6.07) is 0. The highest BCUT2D eigenvalue weighted by Crippen LogP contribution is 2.35. The molecule has 0 saturated carbocycles. The van der Waals surface area contributed by atoms with Crippen LogP contribution in [0.25, 0.3) is 0 Å². The normalized spacial score (nSPS) is 11.6. The fourth-order valence-corrected chi connectivity index (χ4v) is 1.84. The zero-order chi connectivity index (χ0) is 13.2. The largest absolute Gasteiger partial charge is 0.462 e. The molecule has 0 aromatic carbocycles. The van der Waals surface area contributed by atoms with Gasteiger partial charge in [-0.15, -0.1) is 0 Å². The maximum atomic E-state index is 11.7. The molecule has 4 nitrogen and oxygen atoms in total. The van der Waals surface area contributed by atoms with Gasteiger partial charge in [-0.05, 0) is 13.8 Å². The van der Waals surface area contributed by atoms with Crippen molar-refractivity contribution in [3.63, 3.8) is 0 Å². The van der Waals surface area contributed by atoms with Gasteiger partial charge in [0.05, 0.1) is 6.61 Å². The van der Waals surface area contributed by atoms with Crippen LogP contribution in [-0.2, 0) is 11.2 Å². The van der Waals surface area contributed by atoms with E-state index < -0.39 is 9.76 Å². The number of anilines is 1. The summed E-state index contributed by atoms with van der Waals surface area (Å²) in [7, 11) is 0. The summed E-state index contributed by atoms with van der Waals surface area (Å²) in [5.74, 6) is -0.159. The smallest absolute Gasteiger partial charge is 0.343 e. The van der Waals surface area contributed by atoms with Crippen LogP contribution in [0.2, 0.25) is 0 Å². The highest BCUT2D eigenvalue weighted by molar-refractivity contribution is 6.67. The second-order valence-electron chi connectivity index (χ2n) is 3.39. The van der Waals surface area contributed by atoms with E-state index >= 15 is 0 Å². The van der Waals surface area contributed by atoms with E-state index in [1.165, 1.54) is 0 Å². The molecule has 0 aliphatic carbocycles. The molecule has 1 heterocycles. The lowest BCUT2D eigenvalue weighted by atomic mass is 10.1. The minimum Gasteiger partial charge on any atom is -0.462 e. The maximum absolute atomic E-state index is 11.7. The molecule has 17 heavy (non-hydrogen) atoms. The van der Waals surface area contributed by atoms with Gasteiger partial charge in [0.15, 0.2) is 3.79 Å². The molecule has 0 radical (unpaired) electrons. The third-order valence-corrected chi connectivity index (χ3v) is 2.49. The SMILES string of the molecule is CCOC(=O)c1c(N)oc(C)c1CC(Cl)(Cl)Cl. The van der Waals surface area contributed by atoms with E-state index in [4.69, 9.17) is 49.7 Å². The van der Waals surface area contributed by atoms with E-state index in [-0.39, 0.29) is 24.5 Å². The maximum Gasteiger partial charge on any atom is 0.343 e. The highest BCUT2D eigenvalue weighted by atomic mass is 35.6. The minimum atomic E-state index is -1.53. The Balaban J connectivity index is 3.15. The second-order valence-corrected chi connectivity index (χ2v) is 5.90. The van der Waals surface area contributed by atoms with Gasteiger partial charge in [-0.2, -0.15) is 0 Å². The van der Waals surface area contributed by atoms with Crippen LogP contribution >= 0.6 is 34.8 Å². The molecule has 0 unspecified atom stereocenters. The molecule has 1 aromatic rings. The fourth-order valence-electron chi connectivity index (χ4n) is 1.44. The first-order valence-corrected chi connectivity index (χ1v) is 6.01. The molecule has 0 saturated heterocycles. The van der Waals surface area contributed by atoms with E-state index in [1.807, 2.05) is 0 Å². The Morgan fingerprint density at radius 3 is 2.53 bits per heavy atom. The van der Waals surface area contributed by atoms with Crippen LogP contribution in [0.15, 0.2) is 4.42 Å². The zero-order valence-corrected chi connectivity index (χ0v) is 11.6. The summed E-state index contributed by atoms with van der Waals surface area (Å²) in [4.78, 5) is 11.7. The molecule has 1 rings (SSSR count). The summed E-state index contributed by atoms with van der Waals surface area (Å²) in [6.07, 6.45) is 0.0261. The molecule has 2 N–H and O–H groups in total. The lowest BCUT2D eigenvalue weighted by Crippen LogP contribution is -2.14. The third kappa shape index (κ3) is 3.69. The Kier molecular flexibility index (Phi) is 4.58. The van der Waals surface area contributed by atoms with Gasteiger partial charge in [0.1, 0.15) is 11.3 Å². The number of aryl methyl sites for hydroxylation is 1. The lowest BCUT2D eigenvalue weighted by molar-refractivity contribution is 0.0526. The molecule has 1 aromatic heterocycles. The first kappa shape index (κ1) is 14.5. The van der Waals surface area contributed by atoms with Gasteiger partial charge in [0, 0.05) is 12.0 Å². The topological polar surface area (TPSA) is 65.5 Å². The Morgan fingerprint density at radius 1 is 1.47 bits per heavy atom. The highest BCUT2D eigenvalue weighted by Gasteiger charge is 2.30. The molecule has 96 valence electrons. The molecule has 0 atom stereocenters. The number of halogens is 3. The molecule has 0 spiro atoms. The second kappa shape index (κ2) is 5.38. The van der Waals surface area contributed by atoms with Gasteiger partial charge in [0.2, 0.25) is 5.88 Å². The number of esters is 1. The van der Waals surface area contributed by atoms with Crippen LogP contribution < -0.4 is 5.73 Å².